The summed E-state index contributed by atoms with van der Waals surface area (Å²) in [4.78, 5) is 11.0. The molecule has 14 heavy (non-hydrogen) atoms. The maximum Gasteiger partial charge on any atom is 0.312 e. The molecule has 1 aromatic rings. The average Bonchev–Trinajstić information content (AvgIpc) is 2.19. The molecule has 1 aromatic carbocycles. The van der Waals surface area contributed by atoms with Gasteiger partial charge < -0.3 is 4.74 Å². The van der Waals surface area contributed by atoms with Crippen LogP contribution in [0.15, 0.2) is 30.3 Å². The van der Waals surface area contributed by atoms with Gasteiger partial charge in [0.15, 0.2) is 0 Å². The number of carbonyl (C=O) groups is 1. The highest BCUT2D eigenvalue weighted by atomic mass is 16.6. The zero-order valence-electron chi connectivity index (χ0n) is 8.27. The van der Waals surface area contributed by atoms with Gasteiger partial charge in [0.2, 0.25) is 0 Å². The van der Waals surface area contributed by atoms with E-state index in [0.717, 1.165) is 12.8 Å². The molecule has 2 heteroatoms. The van der Waals surface area contributed by atoms with Crippen molar-refractivity contribution in [3.8, 4) is 0 Å². The van der Waals surface area contributed by atoms with Crippen LogP contribution in [0.1, 0.15) is 18.9 Å². The first-order valence-electron chi connectivity index (χ1n) is 5.02. The number of ether oxygens (including phenoxy) is 1. The Kier molecular flexibility index (Phi) is 2.53. The monoisotopic (exact) mass is 190 g/mol. The number of carbonyl (C=O) groups excluding carboxylic acids is 1. The highest BCUT2D eigenvalue weighted by Crippen LogP contribution is 2.26. The molecule has 1 fully saturated rings. The van der Waals surface area contributed by atoms with Crippen molar-refractivity contribution in [2.45, 2.75) is 25.9 Å². The Morgan fingerprint density at radius 2 is 2.00 bits per heavy atom. The van der Waals surface area contributed by atoms with Gasteiger partial charge in [-0.25, -0.2) is 0 Å². The molecule has 0 saturated carbocycles. The molecule has 0 aromatic heterocycles. The molecule has 2 unspecified atom stereocenters. The van der Waals surface area contributed by atoms with E-state index in [0.29, 0.717) is 0 Å². The van der Waals surface area contributed by atoms with Crippen LogP contribution in [0.25, 0.3) is 0 Å². The number of benzene rings is 1. The van der Waals surface area contributed by atoms with Gasteiger partial charge in [-0.1, -0.05) is 30.3 Å². The SMILES string of the molecule is CC1OC(=O)C1CCc1ccccc1. The largest absolute Gasteiger partial charge is 0.461 e. The van der Waals surface area contributed by atoms with Gasteiger partial charge in [0, 0.05) is 0 Å². The lowest BCUT2D eigenvalue weighted by atomic mass is 9.91. The van der Waals surface area contributed by atoms with Gasteiger partial charge >= 0.3 is 5.97 Å². The van der Waals surface area contributed by atoms with Crippen LogP contribution in [-0.4, -0.2) is 12.1 Å². The molecule has 1 aliphatic heterocycles. The van der Waals surface area contributed by atoms with Crippen molar-refractivity contribution in [2.24, 2.45) is 5.92 Å². The normalized spacial score (nSPS) is 25.4. The third-order valence-corrected chi connectivity index (χ3v) is 2.76. The minimum atomic E-state index is -0.0339. The molecule has 0 amide bonds. The fraction of sp³-hybridized carbons (Fsp3) is 0.417. The minimum Gasteiger partial charge on any atom is -0.461 e. The highest BCUT2D eigenvalue weighted by molar-refractivity contribution is 5.78. The zero-order valence-corrected chi connectivity index (χ0v) is 8.27. The summed E-state index contributed by atoms with van der Waals surface area (Å²) >= 11 is 0. The van der Waals surface area contributed by atoms with Gasteiger partial charge in [-0.05, 0) is 25.3 Å². The van der Waals surface area contributed by atoms with Crippen molar-refractivity contribution in [3.63, 3.8) is 0 Å². The zero-order chi connectivity index (χ0) is 9.97. The number of hydrogen-bond donors (Lipinski definition) is 0. The molecule has 0 bridgehead atoms. The second kappa shape index (κ2) is 3.82. The predicted molar refractivity (Wildman–Crippen MR) is 53.8 cm³/mol. The Bertz CT molecular complexity index is 318. The van der Waals surface area contributed by atoms with E-state index in [1.54, 1.807) is 0 Å². The Morgan fingerprint density at radius 3 is 2.57 bits per heavy atom. The van der Waals surface area contributed by atoms with Crippen molar-refractivity contribution in [1.29, 1.82) is 0 Å². The summed E-state index contributed by atoms with van der Waals surface area (Å²) in [5, 5.41) is 0. The smallest absolute Gasteiger partial charge is 0.312 e. The van der Waals surface area contributed by atoms with Crippen LogP contribution in [0.2, 0.25) is 0 Å². The number of cyclic esters (lactones) is 1. The Morgan fingerprint density at radius 1 is 1.29 bits per heavy atom. The quantitative estimate of drug-likeness (QED) is 0.683. The van der Waals surface area contributed by atoms with E-state index in [2.05, 4.69) is 12.1 Å². The number of aryl methyl sites for hydroxylation is 1. The molecule has 1 aliphatic rings. The van der Waals surface area contributed by atoms with Crippen LogP contribution >= 0.6 is 0 Å². The fourth-order valence-electron chi connectivity index (χ4n) is 1.79. The Hall–Kier alpha value is -1.31. The molecule has 0 N–H and O–H groups in total. The van der Waals surface area contributed by atoms with Crippen LogP contribution in [0, 0.1) is 5.92 Å². The lowest BCUT2D eigenvalue weighted by Crippen LogP contribution is -2.43. The van der Waals surface area contributed by atoms with Gasteiger partial charge in [0.1, 0.15) is 6.10 Å². The molecule has 2 nitrogen and oxygen atoms in total. The molecule has 1 heterocycles. The van der Waals surface area contributed by atoms with Crippen LogP contribution in [0.4, 0.5) is 0 Å². The summed E-state index contributed by atoms with van der Waals surface area (Å²) < 4.78 is 4.90. The topological polar surface area (TPSA) is 26.3 Å². The number of rotatable bonds is 3. The summed E-state index contributed by atoms with van der Waals surface area (Å²) in [6, 6.07) is 10.2. The molecule has 2 rings (SSSR count). The second-order valence-corrected chi connectivity index (χ2v) is 3.77. The van der Waals surface area contributed by atoms with Crippen LogP contribution < -0.4 is 0 Å². The van der Waals surface area contributed by atoms with E-state index in [4.69, 9.17) is 4.74 Å². The molecule has 0 spiro atoms. The first-order chi connectivity index (χ1) is 6.77. The molecule has 2 atom stereocenters. The molecular weight excluding hydrogens is 176 g/mol. The van der Waals surface area contributed by atoms with Gasteiger partial charge in [0.25, 0.3) is 0 Å². The summed E-state index contributed by atoms with van der Waals surface area (Å²) in [5.74, 6) is 0.0867. The third-order valence-electron chi connectivity index (χ3n) is 2.76. The van der Waals surface area contributed by atoms with Gasteiger partial charge in [0.05, 0.1) is 5.92 Å². The first kappa shape index (κ1) is 9.25. The highest BCUT2D eigenvalue weighted by Gasteiger charge is 2.38. The van der Waals surface area contributed by atoms with E-state index in [-0.39, 0.29) is 18.0 Å². The fourth-order valence-corrected chi connectivity index (χ4v) is 1.79. The van der Waals surface area contributed by atoms with Crippen LogP contribution in [-0.2, 0) is 16.0 Å². The summed E-state index contributed by atoms with van der Waals surface area (Å²) in [6.07, 6.45) is 1.99. The van der Waals surface area contributed by atoms with Crippen molar-refractivity contribution in [2.75, 3.05) is 0 Å². The Labute approximate surface area is 83.9 Å². The molecular formula is C12H14O2. The summed E-state index contributed by atoms with van der Waals surface area (Å²) in [7, 11) is 0. The van der Waals surface area contributed by atoms with E-state index >= 15 is 0 Å². The van der Waals surface area contributed by atoms with Crippen molar-refractivity contribution >= 4 is 5.97 Å². The van der Waals surface area contributed by atoms with Crippen molar-refractivity contribution in [1.82, 2.24) is 0 Å². The Balaban J connectivity index is 1.86. The molecule has 74 valence electrons. The predicted octanol–water partition coefficient (Wildman–Crippen LogP) is 2.18. The number of esters is 1. The van der Waals surface area contributed by atoms with E-state index < -0.39 is 0 Å². The molecule has 0 radical (unpaired) electrons. The van der Waals surface area contributed by atoms with Gasteiger partial charge in [-0.3, -0.25) is 4.79 Å². The maximum atomic E-state index is 11.0. The second-order valence-electron chi connectivity index (χ2n) is 3.77. The minimum absolute atomic E-state index is 0.0339. The summed E-state index contributed by atoms with van der Waals surface area (Å²) in [5.41, 5.74) is 1.29. The van der Waals surface area contributed by atoms with Gasteiger partial charge in [-0.2, -0.15) is 0 Å². The van der Waals surface area contributed by atoms with Gasteiger partial charge in [-0.15, -0.1) is 0 Å². The average molecular weight is 190 g/mol. The lowest BCUT2D eigenvalue weighted by Gasteiger charge is -2.32. The maximum absolute atomic E-state index is 11.0. The molecule has 0 aliphatic carbocycles. The van der Waals surface area contributed by atoms with E-state index in [9.17, 15) is 4.79 Å². The standard InChI is InChI=1S/C12H14O2/c1-9-11(12(13)14-9)8-7-10-5-3-2-4-6-10/h2-6,9,11H,7-8H2,1H3. The third kappa shape index (κ3) is 1.79. The number of hydrogen-bond acceptors (Lipinski definition) is 2. The van der Waals surface area contributed by atoms with Crippen LogP contribution in [0.3, 0.4) is 0 Å². The van der Waals surface area contributed by atoms with Crippen molar-refractivity contribution in [3.05, 3.63) is 35.9 Å². The molecule has 1 saturated heterocycles. The van der Waals surface area contributed by atoms with Crippen molar-refractivity contribution < 1.29 is 9.53 Å². The first-order valence-corrected chi connectivity index (χ1v) is 5.02. The summed E-state index contributed by atoms with van der Waals surface area (Å²) in [6.45, 7) is 1.96. The van der Waals surface area contributed by atoms with E-state index in [1.165, 1.54) is 5.56 Å². The van der Waals surface area contributed by atoms with E-state index in [1.807, 2.05) is 25.1 Å². The van der Waals surface area contributed by atoms with Crippen LogP contribution in [0.5, 0.6) is 0 Å². The lowest BCUT2D eigenvalue weighted by molar-refractivity contribution is -0.182.